The van der Waals surface area contributed by atoms with E-state index in [1.807, 2.05) is 0 Å². The first-order valence-corrected chi connectivity index (χ1v) is 14.2. The number of aliphatic hydroxyl groups is 1. The van der Waals surface area contributed by atoms with Crippen molar-refractivity contribution in [3.05, 3.63) is 0 Å². The molecule has 0 heterocycles. The summed E-state index contributed by atoms with van der Waals surface area (Å²) in [5, 5.41) is 20.9. The molecule has 0 fully saturated rings. The van der Waals surface area contributed by atoms with Crippen LogP contribution in [0, 0.1) is 0 Å². The third-order valence-electron chi connectivity index (χ3n) is 6.32. The minimum Gasteiger partial charge on any atom is -0.548 e. The summed E-state index contributed by atoms with van der Waals surface area (Å²) in [6.45, 7) is 4.63. The third-order valence-corrected chi connectivity index (χ3v) is 6.32. The maximum Gasteiger partial charge on any atom is 1.00 e. The summed E-state index contributed by atoms with van der Waals surface area (Å²) in [6.07, 6.45) is 23.8. The van der Waals surface area contributed by atoms with Crippen molar-refractivity contribution in [3.63, 3.8) is 0 Å². The van der Waals surface area contributed by atoms with Crippen LogP contribution in [0.2, 0.25) is 0 Å². The second-order valence-electron chi connectivity index (χ2n) is 9.73. The van der Waals surface area contributed by atoms with Gasteiger partial charge in [0.15, 0.2) is 0 Å². The Labute approximate surface area is 253 Å². The van der Waals surface area contributed by atoms with Crippen LogP contribution in [0.25, 0.3) is 0 Å². The number of carboxylic acid groups (broad SMARTS) is 1. The zero-order valence-electron chi connectivity index (χ0n) is 23.0. The van der Waals surface area contributed by atoms with Crippen LogP contribution in [-0.4, -0.2) is 43.1 Å². The van der Waals surface area contributed by atoms with Gasteiger partial charge in [0.05, 0.1) is 38.0 Å². The van der Waals surface area contributed by atoms with Gasteiger partial charge in [-0.05, 0) is 12.8 Å². The number of aliphatic carboxylic acids is 1. The number of hydrogen-bond acceptors (Lipinski definition) is 5. The van der Waals surface area contributed by atoms with E-state index in [9.17, 15) is 15.0 Å². The van der Waals surface area contributed by atoms with Crippen LogP contribution in [-0.2, 0) is 14.3 Å². The fourth-order valence-electron chi connectivity index (χ4n) is 4.19. The predicted molar refractivity (Wildman–Crippen MR) is 135 cm³/mol. The van der Waals surface area contributed by atoms with E-state index >= 15 is 0 Å². The Morgan fingerprint density at radius 2 is 1.09 bits per heavy atom. The van der Waals surface area contributed by atoms with Crippen LogP contribution in [0.1, 0.15) is 142 Å². The average molecular weight is 511 g/mol. The van der Waals surface area contributed by atoms with Crippen molar-refractivity contribution in [2.75, 3.05) is 19.8 Å². The Morgan fingerprint density at radius 1 is 0.676 bits per heavy atom. The molecule has 0 saturated heterocycles. The van der Waals surface area contributed by atoms with Gasteiger partial charge in [-0.3, -0.25) is 0 Å². The number of ether oxygens (including phenoxy) is 2. The van der Waals surface area contributed by atoms with Crippen molar-refractivity contribution in [2.24, 2.45) is 0 Å². The normalized spacial score (nSPS) is 12.9. The van der Waals surface area contributed by atoms with Gasteiger partial charge in [0, 0.05) is 0 Å². The minimum atomic E-state index is -1.21. The SMILES string of the molecule is CCCCCCCCCCCC(O)COC(CCCCCCCCCCC)COCC(=O)[O-].[K+]. The summed E-state index contributed by atoms with van der Waals surface area (Å²) in [4.78, 5) is 10.6. The second kappa shape index (κ2) is 30.2. The van der Waals surface area contributed by atoms with Crippen molar-refractivity contribution < 1.29 is 75.9 Å². The molecule has 0 aliphatic rings. The van der Waals surface area contributed by atoms with E-state index in [1.54, 1.807) is 0 Å². The summed E-state index contributed by atoms with van der Waals surface area (Å²) in [7, 11) is 0. The third kappa shape index (κ3) is 29.2. The summed E-state index contributed by atoms with van der Waals surface area (Å²) < 4.78 is 11.1. The van der Waals surface area contributed by atoms with E-state index in [1.165, 1.54) is 96.3 Å². The maximum absolute atomic E-state index is 10.6. The smallest absolute Gasteiger partial charge is 0.548 e. The largest absolute Gasteiger partial charge is 1.00 e. The quantitative estimate of drug-likeness (QED) is 0.135. The van der Waals surface area contributed by atoms with Crippen LogP contribution >= 0.6 is 0 Å². The predicted octanol–water partition coefficient (Wildman–Crippen LogP) is 3.34. The molecule has 5 nitrogen and oxygen atoms in total. The molecule has 0 aromatic rings. The molecule has 198 valence electrons. The van der Waals surface area contributed by atoms with Crippen molar-refractivity contribution in [2.45, 2.75) is 154 Å². The van der Waals surface area contributed by atoms with E-state index in [2.05, 4.69) is 13.8 Å². The number of carbonyl (C=O) groups is 1. The topological polar surface area (TPSA) is 78.8 Å². The van der Waals surface area contributed by atoms with Gasteiger partial charge in [-0.15, -0.1) is 0 Å². The van der Waals surface area contributed by atoms with Crippen LogP contribution in [0.4, 0.5) is 0 Å². The molecule has 0 spiro atoms. The number of unbranched alkanes of at least 4 members (excludes halogenated alkanes) is 16. The standard InChI is InChI=1S/C28H56O5.K/c1-3-5-7-9-11-13-15-17-19-21-26(29)23-33-27(24-32-25-28(30)31)22-20-18-16-14-12-10-8-6-4-2;/h26-27,29H,3-25H2,1-2H3,(H,30,31);/q;+1/p-1. The molecule has 2 unspecified atom stereocenters. The Hall–Kier alpha value is 0.986. The van der Waals surface area contributed by atoms with Crippen molar-refractivity contribution in [3.8, 4) is 0 Å². The number of carbonyl (C=O) groups excluding carboxylic acids is 1. The van der Waals surface area contributed by atoms with Gasteiger partial charge < -0.3 is 24.5 Å². The van der Waals surface area contributed by atoms with Crippen LogP contribution in [0.5, 0.6) is 0 Å². The van der Waals surface area contributed by atoms with Crippen molar-refractivity contribution in [1.29, 1.82) is 0 Å². The zero-order valence-corrected chi connectivity index (χ0v) is 26.1. The molecule has 0 aliphatic carbocycles. The molecule has 0 amide bonds. The molecule has 0 aliphatic heterocycles. The van der Waals surface area contributed by atoms with Crippen LogP contribution < -0.4 is 56.5 Å². The summed E-state index contributed by atoms with van der Waals surface area (Å²) in [6, 6.07) is 0. The summed E-state index contributed by atoms with van der Waals surface area (Å²) >= 11 is 0. The Bertz CT molecular complexity index is 408. The first kappa shape index (κ1) is 37.1. The summed E-state index contributed by atoms with van der Waals surface area (Å²) in [5.74, 6) is -1.21. The molecule has 0 aromatic carbocycles. The Balaban J connectivity index is 0. The number of carboxylic acids is 1. The van der Waals surface area contributed by atoms with E-state index < -0.39 is 18.7 Å². The molecule has 2 atom stereocenters. The van der Waals surface area contributed by atoms with Gasteiger partial charge in [0.2, 0.25) is 0 Å². The van der Waals surface area contributed by atoms with E-state index in [-0.39, 0.29) is 64.1 Å². The second-order valence-corrected chi connectivity index (χ2v) is 9.73. The van der Waals surface area contributed by atoms with Crippen molar-refractivity contribution in [1.82, 2.24) is 0 Å². The fraction of sp³-hybridized carbons (Fsp3) is 0.964. The maximum atomic E-state index is 10.6. The molecule has 0 bridgehead atoms. The molecule has 34 heavy (non-hydrogen) atoms. The number of rotatable bonds is 27. The molecule has 0 saturated carbocycles. The van der Waals surface area contributed by atoms with E-state index in [0.717, 1.165) is 32.1 Å². The van der Waals surface area contributed by atoms with E-state index in [0.29, 0.717) is 6.61 Å². The minimum absolute atomic E-state index is 0. The van der Waals surface area contributed by atoms with Gasteiger partial charge in [-0.2, -0.15) is 0 Å². The molecular formula is C28H55KO5. The fourth-order valence-corrected chi connectivity index (χ4v) is 4.19. The molecular weight excluding hydrogens is 455 g/mol. The number of aliphatic hydroxyl groups excluding tert-OH is 1. The zero-order chi connectivity index (χ0) is 24.4. The molecule has 0 rings (SSSR count). The average Bonchev–Trinajstić information content (AvgIpc) is 2.79. The monoisotopic (exact) mass is 510 g/mol. The Kier molecular flexibility index (Phi) is 33.0. The van der Waals surface area contributed by atoms with Gasteiger partial charge in [-0.1, -0.05) is 129 Å². The summed E-state index contributed by atoms with van der Waals surface area (Å²) in [5.41, 5.74) is 0. The first-order chi connectivity index (χ1) is 16.1. The molecule has 1 N–H and O–H groups in total. The molecule has 6 heteroatoms. The molecule has 0 radical (unpaired) electrons. The Morgan fingerprint density at radius 3 is 1.53 bits per heavy atom. The van der Waals surface area contributed by atoms with Gasteiger partial charge in [-0.25, -0.2) is 0 Å². The van der Waals surface area contributed by atoms with Crippen LogP contribution in [0.15, 0.2) is 0 Å². The molecule has 0 aromatic heterocycles. The van der Waals surface area contributed by atoms with Gasteiger partial charge in [0.1, 0.15) is 0 Å². The van der Waals surface area contributed by atoms with Crippen molar-refractivity contribution >= 4 is 5.97 Å². The van der Waals surface area contributed by atoms with Gasteiger partial charge in [0.25, 0.3) is 0 Å². The first-order valence-electron chi connectivity index (χ1n) is 14.2. The number of hydrogen-bond donors (Lipinski definition) is 1. The van der Waals surface area contributed by atoms with Crippen LogP contribution in [0.3, 0.4) is 0 Å². The van der Waals surface area contributed by atoms with Gasteiger partial charge >= 0.3 is 51.4 Å². The van der Waals surface area contributed by atoms with E-state index in [4.69, 9.17) is 9.47 Å².